The molecule has 4 nitrogen and oxygen atoms in total. The summed E-state index contributed by atoms with van der Waals surface area (Å²) in [7, 11) is 1.81. The minimum absolute atomic E-state index is 0. The molecule has 0 aliphatic carbocycles. The molecule has 24 heavy (non-hydrogen) atoms. The van der Waals surface area contributed by atoms with Crippen molar-refractivity contribution in [1.29, 1.82) is 0 Å². The maximum atomic E-state index is 4.66. The standard InChI is InChI=1S/C17H26N4S2.HI/c1-5-14-6-7-15(23-14)10-20-17(18-4)19-9-8-13-11-22-16(21-13)12(2)3;/h6-7,11-12H,5,8-10H2,1-4H3,(H2,18,19,20);1H. The van der Waals surface area contributed by atoms with Gasteiger partial charge < -0.3 is 10.6 Å². The van der Waals surface area contributed by atoms with Crippen LogP contribution in [0.15, 0.2) is 22.5 Å². The van der Waals surface area contributed by atoms with Gasteiger partial charge in [0.05, 0.1) is 17.2 Å². The lowest BCUT2D eigenvalue weighted by molar-refractivity contribution is 0.780. The predicted molar refractivity (Wildman–Crippen MR) is 117 cm³/mol. The van der Waals surface area contributed by atoms with E-state index >= 15 is 0 Å². The molecule has 0 aliphatic heterocycles. The molecular weight excluding hydrogens is 451 g/mol. The van der Waals surface area contributed by atoms with Crippen LogP contribution in [0.3, 0.4) is 0 Å². The monoisotopic (exact) mass is 478 g/mol. The second kappa shape index (κ2) is 11.0. The Bertz CT molecular complexity index is 634. The van der Waals surface area contributed by atoms with E-state index in [1.54, 1.807) is 18.4 Å². The highest BCUT2D eigenvalue weighted by Crippen LogP contribution is 2.19. The molecule has 0 saturated heterocycles. The SMILES string of the molecule is CCc1ccc(CNC(=NC)NCCc2csc(C(C)C)n2)s1.I. The first-order valence-corrected chi connectivity index (χ1v) is 9.78. The van der Waals surface area contributed by atoms with Crippen LogP contribution in [-0.2, 0) is 19.4 Å². The number of aliphatic imine (C=N–C) groups is 1. The zero-order valence-corrected chi connectivity index (χ0v) is 18.7. The van der Waals surface area contributed by atoms with E-state index in [9.17, 15) is 0 Å². The first-order chi connectivity index (χ1) is 11.1. The molecule has 2 N–H and O–H groups in total. The maximum Gasteiger partial charge on any atom is 0.191 e. The van der Waals surface area contributed by atoms with Gasteiger partial charge in [0.25, 0.3) is 0 Å². The van der Waals surface area contributed by atoms with E-state index in [0.717, 1.165) is 37.6 Å². The van der Waals surface area contributed by atoms with Crippen LogP contribution in [0.1, 0.15) is 47.1 Å². The number of rotatable bonds is 7. The van der Waals surface area contributed by atoms with Gasteiger partial charge in [0.2, 0.25) is 0 Å². The number of halogens is 1. The fourth-order valence-electron chi connectivity index (χ4n) is 2.11. The van der Waals surface area contributed by atoms with Crippen LogP contribution in [0.4, 0.5) is 0 Å². The Hall–Kier alpha value is -0.670. The Balaban J connectivity index is 0.00000288. The van der Waals surface area contributed by atoms with E-state index < -0.39 is 0 Å². The summed E-state index contributed by atoms with van der Waals surface area (Å²) in [6.45, 7) is 8.21. The summed E-state index contributed by atoms with van der Waals surface area (Å²) < 4.78 is 0. The molecule has 2 aromatic rings. The lowest BCUT2D eigenvalue weighted by Gasteiger charge is -2.10. The maximum absolute atomic E-state index is 4.66. The quantitative estimate of drug-likeness (QED) is 0.352. The van der Waals surface area contributed by atoms with E-state index in [1.807, 2.05) is 11.3 Å². The summed E-state index contributed by atoms with van der Waals surface area (Å²) in [5.74, 6) is 1.35. The summed E-state index contributed by atoms with van der Waals surface area (Å²) in [5, 5.41) is 10.1. The van der Waals surface area contributed by atoms with Crippen LogP contribution in [0.2, 0.25) is 0 Å². The van der Waals surface area contributed by atoms with Gasteiger partial charge in [0, 0.05) is 41.1 Å². The molecule has 2 aromatic heterocycles. The summed E-state index contributed by atoms with van der Waals surface area (Å²) in [4.78, 5) is 11.7. The van der Waals surface area contributed by atoms with Gasteiger partial charge in [-0.15, -0.1) is 46.7 Å². The number of aromatic nitrogens is 1. The Morgan fingerprint density at radius 1 is 1.25 bits per heavy atom. The molecule has 0 fully saturated rings. The number of hydrogen-bond donors (Lipinski definition) is 2. The summed E-state index contributed by atoms with van der Waals surface area (Å²) >= 11 is 3.61. The minimum Gasteiger partial charge on any atom is -0.356 e. The van der Waals surface area contributed by atoms with Crippen LogP contribution < -0.4 is 10.6 Å². The first kappa shape index (κ1) is 21.4. The largest absolute Gasteiger partial charge is 0.356 e. The first-order valence-electron chi connectivity index (χ1n) is 8.08. The number of hydrogen-bond acceptors (Lipinski definition) is 4. The molecule has 7 heteroatoms. The summed E-state index contributed by atoms with van der Waals surface area (Å²) in [5.41, 5.74) is 1.16. The highest BCUT2D eigenvalue weighted by Gasteiger charge is 2.06. The minimum atomic E-state index is 0. The molecule has 0 amide bonds. The molecule has 2 rings (SSSR count). The normalized spacial score (nSPS) is 11.5. The number of thiazole rings is 1. The van der Waals surface area contributed by atoms with Crippen molar-refractivity contribution in [2.45, 2.75) is 46.1 Å². The van der Waals surface area contributed by atoms with Crippen LogP contribution >= 0.6 is 46.7 Å². The Kier molecular flexibility index (Phi) is 9.84. The molecule has 0 radical (unpaired) electrons. The number of nitrogens with one attached hydrogen (secondary N) is 2. The van der Waals surface area contributed by atoms with Crippen molar-refractivity contribution in [1.82, 2.24) is 15.6 Å². The third kappa shape index (κ3) is 6.68. The topological polar surface area (TPSA) is 49.3 Å². The molecule has 0 spiro atoms. The molecule has 0 saturated carbocycles. The molecule has 134 valence electrons. The predicted octanol–water partition coefficient (Wildman–Crippen LogP) is 4.42. The third-order valence-corrected chi connectivity index (χ3v) is 5.88. The fraction of sp³-hybridized carbons (Fsp3) is 0.529. The Morgan fingerprint density at radius 2 is 2.00 bits per heavy atom. The molecule has 0 unspecified atom stereocenters. The van der Waals surface area contributed by atoms with Gasteiger partial charge >= 0.3 is 0 Å². The summed E-state index contributed by atoms with van der Waals surface area (Å²) in [6, 6.07) is 4.39. The Labute approximate surface area is 170 Å². The number of thiophene rings is 1. The van der Waals surface area contributed by atoms with Crippen LogP contribution in [0, 0.1) is 0 Å². The fourth-order valence-corrected chi connectivity index (χ4v) is 3.88. The van der Waals surface area contributed by atoms with Crippen molar-refractivity contribution >= 4 is 52.6 Å². The van der Waals surface area contributed by atoms with Crippen molar-refractivity contribution in [3.05, 3.63) is 38.0 Å². The van der Waals surface area contributed by atoms with E-state index in [0.29, 0.717) is 5.92 Å². The lowest BCUT2D eigenvalue weighted by Crippen LogP contribution is -2.37. The second-order valence-electron chi connectivity index (χ2n) is 5.66. The average Bonchev–Trinajstić information content (AvgIpc) is 3.19. The van der Waals surface area contributed by atoms with Gasteiger partial charge in [0.15, 0.2) is 5.96 Å². The second-order valence-corrected chi connectivity index (χ2v) is 7.80. The van der Waals surface area contributed by atoms with Gasteiger partial charge in [-0.3, -0.25) is 4.99 Å². The molecule has 2 heterocycles. The molecule has 0 bridgehead atoms. The van der Waals surface area contributed by atoms with Gasteiger partial charge in [-0.05, 0) is 18.6 Å². The van der Waals surface area contributed by atoms with E-state index in [4.69, 9.17) is 0 Å². The number of guanidine groups is 1. The van der Waals surface area contributed by atoms with Crippen LogP contribution in [-0.4, -0.2) is 24.5 Å². The van der Waals surface area contributed by atoms with E-state index in [2.05, 4.69) is 58.9 Å². The molecule has 0 aromatic carbocycles. The van der Waals surface area contributed by atoms with Crippen molar-refractivity contribution in [2.24, 2.45) is 4.99 Å². The molecule has 0 atom stereocenters. The van der Waals surface area contributed by atoms with Crippen molar-refractivity contribution in [3.63, 3.8) is 0 Å². The molecule has 0 aliphatic rings. The Morgan fingerprint density at radius 3 is 2.58 bits per heavy atom. The van der Waals surface area contributed by atoms with Crippen molar-refractivity contribution in [3.8, 4) is 0 Å². The van der Waals surface area contributed by atoms with Crippen molar-refractivity contribution < 1.29 is 0 Å². The highest BCUT2D eigenvalue weighted by atomic mass is 127. The van der Waals surface area contributed by atoms with Gasteiger partial charge in [-0.2, -0.15) is 0 Å². The zero-order valence-electron chi connectivity index (χ0n) is 14.8. The van der Waals surface area contributed by atoms with Gasteiger partial charge in [0.1, 0.15) is 0 Å². The number of aryl methyl sites for hydroxylation is 1. The van der Waals surface area contributed by atoms with E-state index in [-0.39, 0.29) is 24.0 Å². The number of nitrogens with zero attached hydrogens (tertiary/aromatic N) is 2. The van der Waals surface area contributed by atoms with Gasteiger partial charge in [-0.25, -0.2) is 4.98 Å². The van der Waals surface area contributed by atoms with Crippen LogP contribution in [0.25, 0.3) is 0 Å². The smallest absolute Gasteiger partial charge is 0.191 e. The van der Waals surface area contributed by atoms with E-state index in [1.165, 1.54) is 14.8 Å². The van der Waals surface area contributed by atoms with Crippen LogP contribution in [0.5, 0.6) is 0 Å². The van der Waals surface area contributed by atoms with Gasteiger partial charge in [-0.1, -0.05) is 20.8 Å². The zero-order chi connectivity index (χ0) is 16.7. The third-order valence-electron chi connectivity index (χ3n) is 3.46. The molecular formula is C17H27IN4S2. The summed E-state index contributed by atoms with van der Waals surface area (Å²) in [6.07, 6.45) is 2.02. The lowest BCUT2D eigenvalue weighted by atomic mass is 10.2. The highest BCUT2D eigenvalue weighted by molar-refractivity contribution is 14.0. The van der Waals surface area contributed by atoms with Crippen molar-refractivity contribution in [2.75, 3.05) is 13.6 Å². The average molecular weight is 478 g/mol.